The molecule has 1 aliphatic rings. The highest BCUT2D eigenvalue weighted by molar-refractivity contribution is 5.99. The molecule has 1 fully saturated rings. The van der Waals surface area contributed by atoms with Crippen LogP contribution < -0.4 is 5.32 Å². The number of benzene rings is 1. The smallest absolute Gasteiger partial charge is 0.355 e. The number of carbonyl (C=O) groups is 4. The van der Waals surface area contributed by atoms with Crippen molar-refractivity contribution in [3.63, 3.8) is 0 Å². The Kier molecular flexibility index (Phi) is 7.29. The number of esters is 2. The molecule has 1 aromatic carbocycles. The molecular formula is C23H27N3O6. The Labute approximate surface area is 186 Å². The van der Waals surface area contributed by atoms with Crippen LogP contribution >= 0.6 is 0 Å². The monoisotopic (exact) mass is 441 g/mol. The summed E-state index contributed by atoms with van der Waals surface area (Å²) in [6.07, 6.45) is 1.07. The van der Waals surface area contributed by atoms with Crippen molar-refractivity contribution in [3.05, 3.63) is 52.8 Å². The highest BCUT2D eigenvalue weighted by Gasteiger charge is 2.29. The quantitative estimate of drug-likeness (QED) is 0.665. The first-order valence-electron chi connectivity index (χ1n) is 10.4. The van der Waals surface area contributed by atoms with Crippen LogP contribution in [0.25, 0.3) is 0 Å². The van der Waals surface area contributed by atoms with Crippen LogP contribution in [-0.2, 0) is 19.1 Å². The Bertz CT molecular complexity index is 1010. The van der Waals surface area contributed by atoms with Crippen LogP contribution in [0.5, 0.6) is 0 Å². The first kappa shape index (κ1) is 23.1. The summed E-state index contributed by atoms with van der Waals surface area (Å²) in [5.74, 6) is -1.83. The molecule has 32 heavy (non-hydrogen) atoms. The number of hydrogen-bond donors (Lipinski definition) is 2. The maximum Gasteiger partial charge on any atom is 0.355 e. The summed E-state index contributed by atoms with van der Waals surface area (Å²) in [7, 11) is 1.26. The number of piperidine rings is 1. The molecule has 2 heterocycles. The van der Waals surface area contributed by atoms with Crippen LogP contribution in [0.15, 0.2) is 30.3 Å². The van der Waals surface area contributed by atoms with Gasteiger partial charge in [-0.1, -0.05) is 18.2 Å². The number of para-hydroxylation sites is 1. The van der Waals surface area contributed by atoms with E-state index >= 15 is 0 Å². The molecule has 2 aromatic rings. The third-order valence-electron chi connectivity index (χ3n) is 5.62. The van der Waals surface area contributed by atoms with E-state index in [-0.39, 0.29) is 29.0 Å². The summed E-state index contributed by atoms with van der Waals surface area (Å²) >= 11 is 0. The summed E-state index contributed by atoms with van der Waals surface area (Å²) in [6, 6.07) is 9.23. The third-order valence-corrected chi connectivity index (χ3v) is 5.62. The normalized spacial score (nSPS) is 14.0. The molecule has 0 atom stereocenters. The van der Waals surface area contributed by atoms with Crippen LogP contribution in [-0.4, -0.2) is 60.4 Å². The molecule has 1 aliphatic heterocycles. The summed E-state index contributed by atoms with van der Waals surface area (Å²) in [4.78, 5) is 53.6. The van der Waals surface area contributed by atoms with Crippen LogP contribution in [0, 0.1) is 19.8 Å². The highest BCUT2D eigenvalue weighted by Crippen LogP contribution is 2.21. The number of aromatic nitrogens is 1. The molecule has 1 saturated heterocycles. The van der Waals surface area contributed by atoms with Crippen molar-refractivity contribution < 1.29 is 28.7 Å². The standard InChI is InChI=1S/C23H27N3O6/c1-14-19(22(29)31-3)15(2)24-20(14)23(30)32-13-18(27)26-11-9-16(10-12-26)21(28)25-17-7-5-4-6-8-17/h4-8,16,24H,9-13H2,1-3H3,(H,25,28). The van der Waals surface area contributed by atoms with E-state index in [2.05, 4.69) is 10.3 Å². The Morgan fingerprint density at radius 1 is 1.06 bits per heavy atom. The number of aromatic amines is 1. The summed E-state index contributed by atoms with van der Waals surface area (Å²) < 4.78 is 9.89. The van der Waals surface area contributed by atoms with Crippen molar-refractivity contribution in [2.24, 2.45) is 5.92 Å². The van der Waals surface area contributed by atoms with Gasteiger partial charge >= 0.3 is 11.9 Å². The number of nitrogens with zero attached hydrogens (tertiary/aromatic N) is 1. The van der Waals surface area contributed by atoms with Gasteiger partial charge in [-0.15, -0.1) is 0 Å². The fourth-order valence-corrected chi connectivity index (χ4v) is 3.81. The van der Waals surface area contributed by atoms with Gasteiger partial charge in [-0.05, 0) is 44.4 Å². The molecule has 0 spiro atoms. The van der Waals surface area contributed by atoms with Gasteiger partial charge in [0, 0.05) is 30.4 Å². The Balaban J connectivity index is 1.49. The van der Waals surface area contributed by atoms with Crippen molar-refractivity contribution in [2.45, 2.75) is 26.7 Å². The van der Waals surface area contributed by atoms with E-state index in [4.69, 9.17) is 9.47 Å². The summed E-state index contributed by atoms with van der Waals surface area (Å²) in [5.41, 5.74) is 2.04. The van der Waals surface area contributed by atoms with Gasteiger partial charge in [-0.2, -0.15) is 0 Å². The van der Waals surface area contributed by atoms with Crippen molar-refractivity contribution >= 4 is 29.4 Å². The molecule has 1 aromatic heterocycles. The van der Waals surface area contributed by atoms with Crippen LogP contribution in [0.3, 0.4) is 0 Å². The number of rotatable bonds is 6. The fourth-order valence-electron chi connectivity index (χ4n) is 3.81. The number of anilines is 1. The lowest BCUT2D eigenvalue weighted by Gasteiger charge is -2.31. The number of carbonyl (C=O) groups excluding carboxylic acids is 4. The van der Waals surface area contributed by atoms with Gasteiger partial charge in [0.15, 0.2) is 6.61 Å². The molecule has 0 saturated carbocycles. The average molecular weight is 441 g/mol. The van der Waals surface area contributed by atoms with E-state index in [1.54, 1.807) is 18.7 Å². The van der Waals surface area contributed by atoms with Gasteiger partial charge in [0.1, 0.15) is 5.69 Å². The zero-order valence-electron chi connectivity index (χ0n) is 18.4. The molecule has 170 valence electrons. The lowest BCUT2D eigenvalue weighted by atomic mass is 9.95. The van der Waals surface area contributed by atoms with E-state index in [1.165, 1.54) is 7.11 Å². The number of amides is 2. The van der Waals surface area contributed by atoms with Crippen molar-refractivity contribution in [2.75, 3.05) is 32.1 Å². The van der Waals surface area contributed by atoms with Crippen LogP contribution in [0.2, 0.25) is 0 Å². The predicted molar refractivity (Wildman–Crippen MR) is 116 cm³/mol. The molecule has 0 radical (unpaired) electrons. The van der Waals surface area contributed by atoms with Crippen molar-refractivity contribution in [1.29, 1.82) is 0 Å². The SMILES string of the molecule is COC(=O)c1c(C)[nH]c(C(=O)OCC(=O)N2CCC(C(=O)Nc3ccccc3)CC2)c1C. The van der Waals surface area contributed by atoms with Crippen LogP contribution in [0.1, 0.15) is 44.9 Å². The molecule has 0 bridgehead atoms. The molecule has 9 nitrogen and oxygen atoms in total. The minimum Gasteiger partial charge on any atom is -0.465 e. The maximum atomic E-state index is 12.5. The predicted octanol–water partition coefficient (Wildman–Crippen LogP) is 2.45. The van der Waals surface area contributed by atoms with E-state index in [1.807, 2.05) is 30.3 Å². The molecule has 0 aliphatic carbocycles. The maximum absolute atomic E-state index is 12.5. The highest BCUT2D eigenvalue weighted by atomic mass is 16.5. The molecule has 2 amide bonds. The molecule has 3 rings (SSSR count). The number of hydrogen-bond acceptors (Lipinski definition) is 6. The molecule has 9 heteroatoms. The third kappa shape index (κ3) is 5.16. The molecular weight excluding hydrogens is 414 g/mol. The number of methoxy groups -OCH3 is 1. The molecule has 2 N–H and O–H groups in total. The zero-order valence-corrected chi connectivity index (χ0v) is 18.4. The van der Waals surface area contributed by atoms with Gasteiger partial charge < -0.3 is 24.7 Å². The van der Waals surface area contributed by atoms with E-state index < -0.39 is 18.5 Å². The second kappa shape index (κ2) is 10.1. The number of H-pyrrole nitrogens is 1. The minimum absolute atomic E-state index is 0.0614. The lowest BCUT2D eigenvalue weighted by molar-refractivity contribution is -0.137. The topological polar surface area (TPSA) is 118 Å². The van der Waals surface area contributed by atoms with Crippen molar-refractivity contribution in [3.8, 4) is 0 Å². The summed E-state index contributed by atoms with van der Waals surface area (Å²) in [6.45, 7) is 3.68. The number of likely N-dealkylation sites (tertiary alicyclic amines) is 1. The zero-order chi connectivity index (χ0) is 23.3. The second-order valence-electron chi connectivity index (χ2n) is 7.70. The number of aryl methyl sites for hydroxylation is 1. The first-order valence-corrected chi connectivity index (χ1v) is 10.4. The Morgan fingerprint density at radius 2 is 1.72 bits per heavy atom. The largest absolute Gasteiger partial charge is 0.465 e. The second-order valence-corrected chi connectivity index (χ2v) is 7.70. The molecule has 0 unspecified atom stereocenters. The number of ether oxygens (including phenoxy) is 2. The van der Waals surface area contributed by atoms with Gasteiger partial charge in [-0.3, -0.25) is 9.59 Å². The van der Waals surface area contributed by atoms with E-state index in [0.717, 1.165) is 5.69 Å². The van der Waals surface area contributed by atoms with Gasteiger partial charge in [0.2, 0.25) is 5.91 Å². The average Bonchev–Trinajstić information content (AvgIpc) is 3.11. The first-order chi connectivity index (χ1) is 15.3. The number of nitrogens with one attached hydrogen (secondary N) is 2. The van der Waals surface area contributed by atoms with E-state index in [9.17, 15) is 19.2 Å². The summed E-state index contributed by atoms with van der Waals surface area (Å²) in [5, 5.41) is 2.89. The minimum atomic E-state index is -0.716. The van der Waals surface area contributed by atoms with E-state index in [0.29, 0.717) is 37.2 Å². The van der Waals surface area contributed by atoms with Crippen LogP contribution in [0.4, 0.5) is 5.69 Å². The Hall–Kier alpha value is -3.62. The Morgan fingerprint density at radius 3 is 2.34 bits per heavy atom. The van der Waals surface area contributed by atoms with Gasteiger partial charge in [0.25, 0.3) is 5.91 Å². The fraction of sp³-hybridized carbons (Fsp3) is 0.391. The van der Waals surface area contributed by atoms with Crippen molar-refractivity contribution in [1.82, 2.24) is 9.88 Å². The van der Waals surface area contributed by atoms with Gasteiger partial charge in [-0.25, -0.2) is 9.59 Å². The van der Waals surface area contributed by atoms with Gasteiger partial charge in [0.05, 0.1) is 12.7 Å². The lowest BCUT2D eigenvalue weighted by Crippen LogP contribution is -2.43.